The lowest BCUT2D eigenvalue weighted by molar-refractivity contribution is -0.141. The van der Waals surface area contributed by atoms with Crippen molar-refractivity contribution in [2.24, 2.45) is 5.92 Å². The Morgan fingerprint density at radius 3 is 2.78 bits per heavy atom. The fraction of sp³-hybridized carbons (Fsp3) is 0.300. The normalized spacial score (nSPS) is 17.2. The molecule has 1 aliphatic rings. The number of anilines is 1. The van der Waals surface area contributed by atoms with Gasteiger partial charge in [0.25, 0.3) is 5.56 Å². The number of hydrogen-bond acceptors (Lipinski definition) is 5. The van der Waals surface area contributed by atoms with E-state index in [1.807, 2.05) is 36.4 Å². The zero-order chi connectivity index (χ0) is 18.8. The fourth-order valence-electron chi connectivity index (χ4n) is 3.55. The fourth-order valence-corrected chi connectivity index (χ4v) is 3.55. The average molecular weight is 364 g/mol. The molecule has 138 valence electrons. The van der Waals surface area contributed by atoms with E-state index in [-0.39, 0.29) is 5.56 Å². The van der Waals surface area contributed by atoms with Gasteiger partial charge in [0.05, 0.1) is 12.5 Å². The Bertz CT molecular complexity index is 1030. The highest BCUT2D eigenvalue weighted by atomic mass is 16.4. The second kappa shape index (κ2) is 7.19. The van der Waals surface area contributed by atoms with Crippen molar-refractivity contribution < 1.29 is 9.90 Å². The summed E-state index contributed by atoms with van der Waals surface area (Å²) < 4.78 is 1.62. The second-order valence-electron chi connectivity index (χ2n) is 6.78. The number of aliphatic carboxylic acids is 1. The first-order valence-electron chi connectivity index (χ1n) is 9.01. The number of carboxylic acid groups (broad SMARTS) is 1. The molecule has 3 aromatic rings. The van der Waals surface area contributed by atoms with Crippen molar-refractivity contribution in [2.45, 2.75) is 19.4 Å². The summed E-state index contributed by atoms with van der Waals surface area (Å²) in [5.74, 6) is -1.00. The number of benzene rings is 1. The number of piperidine rings is 1. The molecule has 1 saturated heterocycles. The van der Waals surface area contributed by atoms with Gasteiger partial charge < -0.3 is 10.0 Å². The van der Waals surface area contributed by atoms with Crippen molar-refractivity contribution in [2.75, 3.05) is 18.0 Å². The minimum Gasteiger partial charge on any atom is -0.481 e. The van der Waals surface area contributed by atoms with Gasteiger partial charge in [-0.25, -0.2) is 9.97 Å². The summed E-state index contributed by atoms with van der Waals surface area (Å²) in [4.78, 5) is 35.3. The first kappa shape index (κ1) is 17.2. The predicted molar refractivity (Wildman–Crippen MR) is 102 cm³/mol. The van der Waals surface area contributed by atoms with Crippen LogP contribution in [-0.4, -0.2) is 38.7 Å². The molecule has 0 unspecified atom stereocenters. The number of fused-ring (bicyclic) bond motifs is 1. The van der Waals surface area contributed by atoms with Crippen molar-refractivity contribution in [3.05, 3.63) is 64.6 Å². The van der Waals surface area contributed by atoms with Gasteiger partial charge in [-0.15, -0.1) is 0 Å². The molecule has 2 aromatic heterocycles. The van der Waals surface area contributed by atoms with Crippen molar-refractivity contribution in [3.63, 3.8) is 0 Å². The van der Waals surface area contributed by atoms with E-state index < -0.39 is 11.9 Å². The molecule has 0 saturated carbocycles. The van der Waals surface area contributed by atoms with Crippen LogP contribution in [0.15, 0.2) is 53.5 Å². The Labute approximate surface area is 155 Å². The van der Waals surface area contributed by atoms with Crippen LogP contribution in [0.5, 0.6) is 0 Å². The lowest BCUT2D eigenvalue weighted by Crippen LogP contribution is -2.42. The Kier molecular flexibility index (Phi) is 4.58. The van der Waals surface area contributed by atoms with Crippen LogP contribution >= 0.6 is 0 Å². The van der Waals surface area contributed by atoms with Gasteiger partial charge in [0, 0.05) is 19.3 Å². The monoisotopic (exact) mass is 364 g/mol. The number of pyridine rings is 1. The number of nitrogens with zero attached hydrogens (tertiary/aromatic N) is 4. The maximum absolute atomic E-state index is 13.2. The van der Waals surface area contributed by atoms with Crippen LogP contribution in [0.3, 0.4) is 0 Å². The highest BCUT2D eigenvalue weighted by Gasteiger charge is 2.28. The lowest BCUT2D eigenvalue weighted by atomic mass is 9.98. The number of carboxylic acids is 1. The molecule has 27 heavy (non-hydrogen) atoms. The smallest absolute Gasteiger partial charge is 0.308 e. The van der Waals surface area contributed by atoms with Crippen LogP contribution in [0.2, 0.25) is 0 Å². The number of rotatable bonds is 4. The molecular formula is C20H20N4O3. The largest absolute Gasteiger partial charge is 0.481 e. The van der Waals surface area contributed by atoms with E-state index in [0.29, 0.717) is 43.0 Å². The Balaban J connectivity index is 1.81. The van der Waals surface area contributed by atoms with Gasteiger partial charge in [-0.05, 0) is 30.5 Å². The van der Waals surface area contributed by atoms with Crippen molar-refractivity contribution in [1.29, 1.82) is 0 Å². The summed E-state index contributed by atoms with van der Waals surface area (Å²) in [7, 11) is 0. The SMILES string of the molecule is O=C(O)[C@@H]1CCCN(c2nc3cccnc3n(Cc3ccccc3)c2=O)C1. The van der Waals surface area contributed by atoms with Crippen LogP contribution in [-0.2, 0) is 11.3 Å². The van der Waals surface area contributed by atoms with E-state index in [0.717, 1.165) is 12.0 Å². The average Bonchev–Trinajstić information content (AvgIpc) is 2.71. The van der Waals surface area contributed by atoms with Crippen molar-refractivity contribution in [3.8, 4) is 0 Å². The zero-order valence-electron chi connectivity index (χ0n) is 14.8. The van der Waals surface area contributed by atoms with Gasteiger partial charge in [-0.3, -0.25) is 14.2 Å². The quantitative estimate of drug-likeness (QED) is 0.763. The molecular weight excluding hydrogens is 344 g/mol. The molecule has 0 bridgehead atoms. The first-order valence-corrected chi connectivity index (χ1v) is 9.01. The van der Waals surface area contributed by atoms with Crippen LogP contribution in [0, 0.1) is 5.92 Å². The summed E-state index contributed by atoms with van der Waals surface area (Å²) in [6.45, 7) is 1.32. The van der Waals surface area contributed by atoms with E-state index in [2.05, 4.69) is 9.97 Å². The molecule has 1 atom stereocenters. The maximum atomic E-state index is 13.2. The lowest BCUT2D eigenvalue weighted by Gasteiger charge is -2.31. The minimum absolute atomic E-state index is 0.240. The molecule has 0 aliphatic carbocycles. The summed E-state index contributed by atoms with van der Waals surface area (Å²) in [6, 6.07) is 13.3. The Morgan fingerprint density at radius 2 is 2.00 bits per heavy atom. The number of aromatic nitrogens is 3. The van der Waals surface area contributed by atoms with E-state index in [1.165, 1.54) is 0 Å². The molecule has 1 fully saturated rings. The standard InChI is InChI=1S/C20H20N4O3/c25-19-18(23-11-5-8-15(13-23)20(26)27)22-16-9-4-10-21-17(16)24(19)12-14-6-2-1-3-7-14/h1-4,6-7,9-10,15H,5,8,11-13H2,(H,26,27)/t15-/m1/s1. The van der Waals surface area contributed by atoms with Crippen LogP contribution < -0.4 is 10.5 Å². The van der Waals surface area contributed by atoms with Crippen molar-refractivity contribution >= 4 is 23.0 Å². The van der Waals surface area contributed by atoms with Gasteiger partial charge in [0.2, 0.25) is 0 Å². The molecule has 1 aliphatic heterocycles. The van der Waals surface area contributed by atoms with Crippen molar-refractivity contribution in [1.82, 2.24) is 14.5 Å². The third-order valence-corrected chi connectivity index (χ3v) is 4.94. The molecule has 0 radical (unpaired) electrons. The second-order valence-corrected chi connectivity index (χ2v) is 6.78. The molecule has 3 heterocycles. The van der Waals surface area contributed by atoms with Crippen LogP contribution in [0.4, 0.5) is 5.82 Å². The molecule has 7 nitrogen and oxygen atoms in total. The third-order valence-electron chi connectivity index (χ3n) is 4.94. The Hall–Kier alpha value is -3.22. The van der Waals surface area contributed by atoms with Gasteiger partial charge in [-0.1, -0.05) is 30.3 Å². The maximum Gasteiger partial charge on any atom is 0.308 e. The predicted octanol–water partition coefficient (Wildman–Crippen LogP) is 2.14. The van der Waals surface area contributed by atoms with Crippen LogP contribution in [0.1, 0.15) is 18.4 Å². The summed E-state index contributed by atoms with van der Waals surface area (Å²) in [5.41, 5.74) is 1.91. The van der Waals surface area contributed by atoms with Gasteiger partial charge >= 0.3 is 5.97 Å². The number of carbonyl (C=O) groups is 1. The third kappa shape index (κ3) is 3.40. The molecule has 7 heteroatoms. The summed E-state index contributed by atoms with van der Waals surface area (Å²) >= 11 is 0. The Morgan fingerprint density at radius 1 is 1.19 bits per heavy atom. The van der Waals surface area contributed by atoms with Crippen LogP contribution in [0.25, 0.3) is 11.2 Å². The summed E-state index contributed by atoms with van der Waals surface area (Å²) in [5, 5.41) is 9.35. The highest BCUT2D eigenvalue weighted by Crippen LogP contribution is 2.21. The number of hydrogen-bond donors (Lipinski definition) is 1. The van der Waals surface area contributed by atoms with E-state index in [4.69, 9.17) is 0 Å². The zero-order valence-corrected chi connectivity index (χ0v) is 14.8. The summed E-state index contributed by atoms with van der Waals surface area (Å²) in [6.07, 6.45) is 2.99. The first-order chi connectivity index (χ1) is 13.1. The molecule has 1 aromatic carbocycles. The molecule has 0 spiro atoms. The van der Waals surface area contributed by atoms with E-state index in [1.54, 1.807) is 21.7 Å². The van der Waals surface area contributed by atoms with Gasteiger partial charge in [0.1, 0.15) is 5.52 Å². The molecule has 0 amide bonds. The van der Waals surface area contributed by atoms with Gasteiger partial charge in [-0.2, -0.15) is 0 Å². The molecule has 4 rings (SSSR count). The highest BCUT2D eigenvalue weighted by molar-refractivity contribution is 5.73. The molecule has 1 N–H and O–H groups in total. The minimum atomic E-state index is -0.827. The topological polar surface area (TPSA) is 88.3 Å². The van der Waals surface area contributed by atoms with E-state index in [9.17, 15) is 14.7 Å². The van der Waals surface area contributed by atoms with Gasteiger partial charge in [0.15, 0.2) is 11.5 Å². The van der Waals surface area contributed by atoms with E-state index >= 15 is 0 Å².